The normalized spacial score (nSPS) is 27.0. The van der Waals surface area contributed by atoms with Gasteiger partial charge in [0.2, 0.25) is 5.91 Å². The SMILES string of the molecule is CCOC1CC(N)(C(=O)Nc2cccc(CO)c2)C1(C)C. The maximum atomic E-state index is 12.5. The zero-order valence-electron chi connectivity index (χ0n) is 12.8. The zero-order valence-corrected chi connectivity index (χ0v) is 12.8. The van der Waals surface area contributed by atoms with Crippen LogP contribution >= 0.6 is 0 Å². The summed E-state index contributed by atoms with van der Waals surface area (Å²) in [4.78, 5) is 12.5. The molecule has 1 fully saturated rings. The number of benzene rings is 1. The Bertz CT molecular complexity index is 530. The van der Waals surface area contributed by atoms with Crippen molar-refractivity contribution in [3.05, 3.63) is 29.8 Å². The number of nitrogens with one attached hydrogen (secondary N) is 1. The summed E-state index contributed by atoms with van der Waals surface area (Å²) in [6.07, 6.45) is 0.515. The molecule has 1 aromatic rings. The minimum Gasteiger partial charge on any atom is -0.392 e. The highest BCUT2D eigenvalue weighted by Gasteiger charge is 2.62. The van der Waals surface area contributed by atoms with Crippen molar-refractivity contribution < 1.29 is 14.6 Å². The summed E-state index contributed by atoms with van der Waals surface area (Å²) in [7, 11) is 0. The van der Waals surface area contributed by atoms with Crippen LogP contribution in [0.5, 0.6) is 0 Å². The van der Waals surface area contributed by atoms with E-state index in [1.807, 2.05) is 20.8 Å². The number of carbonyl (C=O) groups is 1. The Balaban J connectivity index is 2.10. The number of aliphatic hydroxyl groups is 1. The van der Waals surface area contributed by atoms with Crippen LogP contribution in [0.2, 0.25) is 0 Å². The van der Waals surface area contributed by atoms with Gasteiger partial charge in [0.05, 0.1) is 12.7 Å². The molecule has 0 bridgehead atoms. The lowest BCUT2D eigenvalue weighted by atomic mass is 9.54. The minimum absolute atomic E-state index is 0.00188. The second-order valence-electron chi connectivity index (χ2n) is 6.15. The molecule has 1 aromatic carbocycles. The van der Waals surface area contributed by atoms with Crippen molar-refractivity contribution in [2.24, 2.45) is 11.1 Å². The van der Waals surface area contributed by atoms with E-state index >= 15 is 0 Å². The maximum absolute atomic E-state index is 12.5. The molecule has 4 N–H and O–H groups in total. The molecule has 1 aliphatic rings. The molecule has 0 spiro atoms. The van der Waals surface area contributed by atoms with Crippen molar-refractivity contribution in [1.82, 2.24) is 0 Å². The summed E-state index contributed by atoms with van der Waals surface area (Å²) in [5.41, 5.74) is 6.36. The average Bonchev–Trinajstić information content (AvgIpc) is 2.46. The Kier molecular flexibility index (Phi) is 4.37. The highest BCUT2D eigenvalue weighted by Crippen LogP contribution is 2.50. The first-order valence-corrected chi connectivity index (χ1v) is 7.27. The van der Waals surface area contributed by atoms with Crippen LogP contribution in [-0.4, -0.2) is 29.3 Å². The fourth-order valence-electron chi connectivity index (χ4n) is 2.81. The molecule has 5 nitrogen and oxygen atoms in total. The van der Waals surface area contributed by atoms with E-state index < -0.39 is 11.0 Å². The van der Waals surface area contributed by atoms with Crippen LogP contribution in [0.25, 0.3) is 0 Å². The van der Waals surface area contributed by atoms with E-state index in [9.17, 15) is 4.79 Å². The van der Waals surface area contributed by atoms with Crippen LogP contribution < -0.4 is 11.1 Å². The first-order chi connectivity index (χ1) is 9.85. The van der Waals surface area contributed by atoms with Gasteiger partial charge >= 0.3 is 0 Å². The molecular formula is C16H24N2O3. The molecular weight excluding hydrogens is 268 g/mol. The quantitative estimate of drug-likeness (QED) is 0.770. The fraction of sp³-hybridized carbons (Fsp3) is 0.562. The van der Waals surface area contributed by atoms with Gasteiger partial charge in [-0.2, -0.15) is 0 Å². The molecule has 0 aromatic heterocycles. The first kappa shape index (κ1) is 15.9. The molecule has 21 heavy (non-hydrogen) atoms. The summed E-state index contributed by atoms with van der Waals surface area (Å²) >= 11 is 0. The summed E-state index contributed by atoms with van der Waals surface area (Å²) in [5.74, 6) is -0.210. The van der Waals surface area contributed by atoms with Gasteiger partial charge in [0, 0.05) is 24.1 Å². The van der Waals surface area contributed by atoms with E-state index in [0.29, 0.717) is 18.7 Å². The predicted molar refractivity (Wildman–Crippen MR) is 81.7 cm³/mol. The van der Waals surface area contributed by atoms with Gasteiger partial charge in [-0.1, -0.05) is 26.0 Å². The van der Waals surface area contributed by atoms with E-state index in [-0.39, 0.29) is 18.6 Å². The number of aliphatic hydroxyl groups excluding tert-OH is 1. The molecule has 0 heterocycles. The average molecular weight is 292 g/mol. The van der Waals surface area contributed by atoms with Gasteiger partial charge in [0.15, 0.2) is 0 Å². The first-order valence-electron chi connectivity index (χ1n) is 7.27. The lowest BCUT2D eigenvalue weighted by Crippen LogP contribution is -2.74. The summed E-state index contributed by atoms with van der Waals surface area (Å²) in [5, 5.41) is 12.0. The topological polar surface area (TPSA) is 84.6 Å². The molecule has 0 saturated heterocycles. The Morgan fingerprint density at radius 1 is 1.52 bits per heavy atom. The zero-order chi connectivity index (χ0) is 15.7. The van der Waals surface area contributed by atoms with Crippen LogP contribution in [0.3, 0.4) is 0 Å². The third kappa shape index (κ3) is 2.69. The number of carbonyl (C=O) groups excluding carboxylic acids is 1. The van der Waals surface area contributed by atoms with Crippen molar-refractivity contribution in [1.29, 1.82) is 0 Å². The predicted octanol–water partition coefficient (Wildman–Crippen LogP) is 1.65. The Morgan fingerprint density at radius 2 is 2.24 bits per heavy atom. The molecule has 2 atom stereocenters. The second kappa shape index (κ2) is 5.75. The maximum Gasteiger partial charge on any atom is 0.245 e. The number of anilines is 1. The second-order valence-corrected chi connectivity index (χ2v) is 6.15. The number of ether oxygens (including phenoxy) is 1. The Morgan fingerprint density at radius 3 is 2.81 bits per heavy atom. The summed E-state index contributed by atoms with van der Waals surface area (Å²) in [6, 6.07) is 7.12. The standard InChI is InChI=1S/C16H24N2O3/c1-4-21-13-9-16(17,15(13,2)3)14(20)18-12-7-5-6-11(8-12)10-19/h5-8,13,19H,4,9-10,17H2,1-3H3,(H,18,20). The van der Waals surface area contributed by atoms with E-state index in [0.717, 1.165) is 5.56 Å². The Hall–Kier alpha value is -1.43. The lowest BCUT2D eigenvalue weighted by Gasteiger charge is -2.57. The van der Waals surface area contributed by atoms with Crippen LogP contribution in [0, 0.1) is 5.41 Å². The van der Waals surface area contributed by atoms with Gasteiger partial charge < -0.3 is 20.9 Å². The van der Waals surface area contributed by atoms with E-state index in [2.05, 4.69) is 5.32 Å². The lowest BCUT2D eigenvalue weighted by molar-refractivity contribution is -0.166. The number of amides is 1. The number of hydrogen-bond donors (Lipinski definition) is 3. The molecule has 5 heteroatoms. The molecule has 1 saturated carbocycles. The smallest absolute Gasteiger partial charge is 0.245 e. The minimum atomic E-state index is -0.942. The summed E-state index contributed by atoms with van der Waals surface area (Å²) in [6.45, 7) is 6.41. The van der Waals surface area contributed by atoms with Gasteiger partial charge in [-0.05, 0) is 24.6 Å². The van der Waals surface area contributed by atoms with Gasteiger partial charge in [0.25, 0.3) is 0 Å². The monoisotopic (exact) mass is 292 g/mol. The van der Waals surface area contributed by atoms with Crippen molar-refractivity contribution in [2.45, 2.75) is 45.4 Å². The molecule has 1 amide bonds. The number of nitrogens with two attached hydrogens (primary N) is 1. The fourth-order valence-corrected chi connectivity index (χ4v) is 2.81. The number of hydrogen-bond acceptors (Lipinski definition) is 4. The van der Waals surface area contributed by atoms with Crippen molar-refractivity contribution in [3.63, 3.8) is 0 Å². The van der Waals surface area contributed by atoms with E-state index in [4.69, 9.17) is 15.6 Å². The number of rotatable bonds is 5. The van der Waals surface area contributed by atoms with Crippen molar-refractivity contribution >= 4 is 11.6 Å². The van der Waals surface area contributed by atoms with Crippen LogP contribution in [0.4, 0.5) is 5.69 Å². The largest absolute Gasteiger partial charge is 0.392 e. The van der Waals surface area contributed by atoms with Gasteiger partial charge in [0.1, 0.15) is 5.54 Å². The molecule has 0 aliphatic heterocycles. The third-order valence-corrected chi connectivity index (χ3v) is 4.60. The molecule has 2 rings (SSSR count). The van der Waals surface area contributed by atoms with Gasteiger partial charge in [-0.3, -0.25) is 4.79 Å². The molecule has 0 radical (unpaired) electrons. The van der Waals surface area contributed by atoms with Crippen LogP contribution in [0.15, 0.2) is 24.3 Å². The third-order valence-electron chi connectivity index (χ3n) is 4.60. The van der Waals surface area contributed by atoms with E-state index in [1.54, 1.807) is 24.3 Å². The van der Waals surface area contributed by atoms with E-state index in [1.165, 1.54) is 0 Å². The van der Waals surface area contributed by atoms with Crippen molar-refractivity contribution in [2.75, 3.05) is 11.9 Å². The highest BCUT2D eigenvalue weighted by molar-refractivity contribution is 5.99. The van der Waals surface area contributed by atoms with Gasteiger partial charge in [-0.25, -0.2) is 0 Å². The molecule has 1 aliphatic carbocycles. The van der Waals surface area contributed by atoms with Crippen molar-refractivity contribution in [3.8, 4) is 0 Å². The van der Waals surface area contributed by atoms with Gasteiger partial charge in [-0.15, -0.1) is 0 Å². The Labute approximate surface area is 125 Å². The van der Waals surface area contributed by atoms with Crippen LogP contribution in [-0.2, 0) is 16.1 Å². The molecule has 116 valence electrons. The van der Waals surface area contributed by atoms with Crippen LogP contribution in [0.1, 0.15) is 32.8 Å². The highest BCUT2D eigenvalue weighted by atomic mass is 16.5. The molecule has 2 unspecified atom stereocenters. The summed E-state index contributed by atoms with van der Waals surface area (Å²) < 4.78 is 5.63.